The van der Waals surface area contributed by atoms with Crippen LogP contribution in [-0.2, 0) is 19.3 Å². The van der Waals surface area contributed by atoms with Gasteiger partial charge in [-0.05, 0) is 35.6 Å². The minimum atomic E-state index is -0.260. The molecule has 0 saturated carbocycles. The molecule has 0 amide bonds. The number of rotatable bonds is 7. The maximum Gasteiger partial charge on any atom is 0.123 e. The molecule has 0 aliphatic carbocycles. The van der Waals surface area contributed by atoms with Gasteiger partial charge in [-0.15, -0.1) is 0 Å². The Bertz CT molecular complexity index is 1180. The number of para-hydroxylation sites is 1. The van der Waals surface area contributed by atoms with Crippen molar-refractivity contribution in [2.24, 2.45) is 0 Å². The Morgan fingerprint density at radius 2 is 1.22 bits per heavy atom. The lowest BCUT2D eigenvalue weighted by Gasteiger charge is -2.25. The first-order valence-corrected chi connectivity index (χ1v) is 11.0. The van der Waals surface area contributed by atoms with Gasteiger partial charge in [0.25, 0.3) is 0 Å². The summed E-state index contributed by atoms with van der Waals surface area (Å²) < 4.78 is 0. The highest BCUT2D eigenvalue weighted by atomic mass is 16.3. The second-order valence-corrected chi connectivity index (χ2v) is 8.10. The minimum Gasteiger partial charge on any atom is -0.508 e. The van der Waals surface area contributed by atoms with Crippen LogP contribution in [0.5, 0.6) is 17.2 Å². The van der Waals surface area contributed by atoms with Gasteiger partial charge in [-0.2, -0.15) is 0 Å². The lowest BCUT2D eigenvalue weighted by Crippen LogP contribution is -2.11. The van der Waals surface area contributed by atoms with Crippen LogP contribution in [0.3, 0.4) is 0 Å². The van der Waals surface area contributed by atoms with Gasteiger partial charge in [0.2, 0.25) is 0 Å². The van der Waals surface area contributed by atoms with E-state index in [0.717, 1.165) is 33.4 Å². The van der Waals surface area contributed by atoms with Crippen LogP contribution in [0.1, 0.15) is 46.2 Å². The second-order valence-electron chi connectivity index (χ2n) is 8.10. The van der Waals surface area contributed by atoms with Crippen LogP contribution in [0.4, 0.5) is 0 Å². The molecule has 1 atom stereocenters. The first-order valence-electron chi connectivity index (χ1n) is 11.0. The predicted molar refractivity (Wildman–Crippen MR) is 128 cm³/mol. The van der Waals surface area contributed by atoms with Gasteiger partial charge in [0.1, 0.15) is 17.2 Å². The van der Waals surface area contributed by atoms with E-state index < -0.39 is 0 Å². The average Bonchev–Trinajstić information content (AvgIpc) is 2.81. The molecule has 3 heteroatoms. The quantitative estimate of drug-likeness (QED) is 0.325. The molecule has 0 radical (unpaired) electrons. The van der Waals surface area contributed by atoms with Gasteiger partial charge in [-0.1, -0.05) is 85.8 Å². The Morgan fingerprint density at radius 3 is 1.84 bits per heavy atom. The molecular formula is C29H28O3. The Morgan fingerprint density at radius 1 is 0.625 bits per heavy atom. The monoisotopic (exact) mass is 424 g/mol. The summed E-state index contributed by atoms with van der Waals surface area (Å²) in [5.74, 6) is 0.0966. The molecule has 4 aromatic rings. The van der Waals surface area contributed by atoms with Crippen molar-refractivity contribution in [2.45, 2.75) is 32.1 Å². The lowest BCUT2D eigenvalue weighted by atomic mass is 9.79. The van der Waals surface area contributed by atoms with E-state index in [1.165, 1.54) is 6.07 Å². The molecule has 0 bridgehead atoms. The smallest absolute Gasteiger partial charge is 0.123 e. The van der Waals surface area contributed by atoms with E-state index in [9.17, 15) is 15.3 Å². The van der Waals surface area contributed by atoms with Crippen molar-refractivity contribution in [2.75, 3.05) is 0 Å². The molecule has 0 aliphatic rings. The van der Waals surface area contributed by atoms with Crippen molar-refractivity contribution in [1.82, 2.24) is 0 Å². The number of benzene rings is 4. The first-order chi connectivity index (χ1) is 15.6. The summed E-state index contributed by atoms with van der Waals surface area (Å²) in [7, 11) is 0. The van der Waals surface area contributed by atoms with E-state index in [0.29, 0.717) is 19.3 Å². The van der Waals surface area contributed by atoms with Gasteiger partial charge in [0.05, 0.1) is 0 Å². The number of hydrogen-bond acceptors (Lipinski definition) is 3. The maximum absolute atomic E-state index is 11.1. The zero-order valence-electron chi connectivity index (χ0n) is 18.2. The van der Waals surface area contributed by atoms with Gasteiger partial charge in [0.15, 0.2) is 0 Å². The average molecular weight is 425 g/mol. The van der Waals surface area contributed by atoms with E-state index >= 15 is 0 Å². The van der Waals surface area contributed by atoms with Gasteiger partial charge in [-0.25, -0.2) is 0 Å². The van der Waals surface area contributed by atoms with E-state index in [-0.39, 0.29) is 23.2 Å². The highest BCUT2D eigenvalue weighted by Gasteiger charge is 2.27. The van der Waals surface area contributed by atoms with Crippen LogP contribution in [0.2, 0.25) is 0 Å². The third-order valence-electron chi connectivity index (χ3n) is 6.07. The molecular weight excluding hydrogens is 396 g/mol. The van der Waals surface area contributed by atoms with Crippen molar-refractivity contribution < 1.29 is 15.3 Å². The van der Waals surface area contributed by atoms with E-state index in [1.807, 2.05) is 67.6 Å². The summed E-state index contributed by atoms with van der Waals surface area (Å²) in [6, 6.07) is 28.8. The molecule has 0 spiro atoms. The van der Waals surface area contributed by atoms with Crippen molar-refractivity contribution >= 4 is 0 Å². The summed E-state index contributed by atoms with van der Waals surface area (Å²) in [6.45, 7) is 2.04. The third kappa shape index (κ3) is 4.47. The van der Waals surface area contributed by atoms with Gasteiger partial charge < -0.3 is 15.3 Å². The van der Waals surface area contributed by atoms with Gasteiger partial charge in [0, 0.05) is 35.1 Å². The molecule has 162 valence electrons. The molecule has 0 fully saturated rings. The molecule has 32 heavy (non-hydrogen) atoms. The van der Waals surface area contributed by atoms with Gasteiger partial charge >= 0.3 is 0 Å². The molecule has 0 aliphatic heterocycles. The fourth-order valence-corrected chi connectivity index (χ4v) is 4.56. The highest BCUT2D eigenvalue weighted by molar-refractivity contribution is 5.58. The van der Waals surface area contributed by atoms with Crippen LogP contribution >= 0.6 is 0 Å². The summed E-state index contributed by atoms with van der Waals surface area (Å²) in [5.41, 5.74) is 5.48. The zero-order valence-corrected chi connectivity index (χ0v) is 18.2. The fourth-order valence-electron chi connectivity index (χ4n) is 4.56. The van der Waals surface area contributed by atoms with Gasteiger partial charge in [-0.3, -0.25) is 0 Å². The second kappa shape index (κ2) is 9.61. The number of aromatic hydroxyl groups is 3. The minimum absolute atomic E-state index is 0.0559. The molecule has 4 aromatic carbocycles. The van der Waals surface area contributed by atoms with Crippen molar-refractivity contribution in [3.8, 4) is 17.2 Å². The normalized spacial score (nSPS) is 11.9. The Balaban J connectivity index is 1.90. The summed E-state index contributed by atoms with van der Waals surface area (Å²) >= 11 is 0. The van der Waals surface area contributed by atoms with Crippen LogP contribution < -0.4 is 0 Å². The van der Waals surface area contributed by atoms with Crippen LogP contribution in [0.25, 0.3) is 0 Å². The van der Waals surface area contributed by atoms with Crippen molar-refractivity contribution in [3.05, 3.63) is 124 Å². The number of hydrogen-bond donors (Lipinski definition) is 3. The topological polar surface area (TPSA) is 60.7 Å². The Labute approximate surface area is 189 Å². The molecule has 0 saturated heterocycles. The standard InChI is InChI=1S/C29H28O3/c1-2-22-24(17-20-11-5-3-6-12-20)27(31)19-28(32)29(22)25(18-21-13-7-4-8-14-21)23-15-9-10-16-26(23)30/h3-16,19,25,30-32H,2,17-18H2,1H3. The molecule has 0 heterocycles. The number of phenols is 3. The fraction of sp³-hybridized carbons (Fsp3) is 0.172. The molecule has 3 N–H and O–H groups in total. The van der Waals surface area contributed by atoms with E-state index in [2.05, 4.69) is 12.1 Å². The zero-order chi connectivity index (χ0) is 22.5. The SMILES string of the molecule is CCc1c(Cc2ccccc2)c(O)cc(O)c1C(Cc1ccccc1)c1ccccc1O. The summed E-state index contributed by atoms with van der Waals surface area (Å²) in [5, 5.41) is 32.5. The van der Waals surface area contributed by atoms with Crippen LogP contribution in [0.15, 0.2) is 91.0 Å². The molecule has 0 aromatic heterocycles. The summed E-state index contributed by atoms with van der Waals surface area (Å²) in [4.78, 5) is 0. The first kappa shape index (κ1) is 21.5. The Kier molecular flexibility index (Phi) is 6.46. The van der Waals surface area contributed by atoms with Crippen LogP contribution in [-0.4, -0.2) is 15.3 Å². The third-order valence-corrected chi connectivity index (χ3v) is 6.07. The maximum atomic E-state index is 11.1. The largest absolute Gasteiger partial charge is 0.508 e. The van der Waals surface area contributed by atoms with Crippen molar-refractivity contribution in [1.29, 1.82) is 0 Å². The molecule has 1 unspecified atom stereocenters. The Hall–Kier alpha value is -3.72. The van der Waals surface area contributed by atoms with E-state index in [4.69, 9.17) is 0 Å². The van der Waals surface area contributed by atoms with Crippen molar-refractivity contribution in [3.63, 3.8) is 0 Å². The molecule has 3 nitrogen and oxygen atoms in total. The van der Waals surface area contributed by atoms with Crippen LogP contribution in [0, 0.1) is 0 Å². The summed E-state index contributed by atoms with van der Waals surface area (Å²) in [6.07, 6.45) is 1.84. The highest BCUT2D eigenvalue weighted by Crippen LogP contribution is 2.44. The lowest BCUT2D eigenvalue weighted by molar-refractivity contribution is 0.435. The predicted octanol–water partition coefficient (Wildman–Crippen LogP) is 6.33. The number of phenolic OH excluding ortho intramolecular Hbond substituents is 3. The van der Waals surface area contributed by atoms with E-state index in [1.54, 1.807) is 12.1 Å². The molecule has 4 rings (SSSR count).